The maximum absolute atomic E-state index is 11.9. The fraction of sp³-hybridized carbons (Fsp3) is 0.154. The molecule has 6 heteroatoms. The van der Waals surface area contributed by atoms with Gasteiger partial charge in [0.05, 0.1) is 7.11 Å². The van der Waals surface area contributed by atoms with Crippen molar-refractivity contribution < 1.29 is 9.53 Å². The van der Waals surface area contributed by atoms with Crippen molar-refractivity contribution in [3.8, 4) is 5.88 Å². The first-order valence-electron chi connectivity index (χ1n) is 5.58. The number of carbonyl (C=O) groups excluding carboxylic acids is 1. The summed E-state index contributed by atoms with van der Waals surface area (Å²) >= 11 is 6.00. The normalized spacial score (nSPS) is 10.0. The van der Waals surface area contributed by atoms with Crippen molar-refractivity contribution in [3.63, 3.8) is 0 Å². The molecule has 1 amide bonds. The van der Waals surface area contributed by atoms with Gasteiger partial charge in [-0.3, -0.25) is 4.79 Å². The molecule has 2 rings (SSSR count). The van der Waals surface area contributed by atoms with Gasteiger partial charge in [0.2, 0.25) is 5.88 Å². The molecule has 98 valence electrons. The molecule has 0 atom stereocenters. The molecule has 0 saturated carbocycles. The number of hydrogen-bond donors (Lipinski definition) is 1. The van der Waals surface area contributed by atoms with Gasteiger partial charge in [-0.05, 0) is 11.6 Å². The number of amides is 1. The van der Waals surface area contributed by atoms with Gasteiger partial charge in [-0.2, -0.15) is 0 Å². The van der Waals surface area contributed by atoms with Gasteiger partial charge in [0, 0.05) is 17.6 Å². The van der Waals surface area contributed by atoms with Crippen molar-refractivity contribution in [2.45, 2.75) is 6.54 Å². The molecule has 0 aliphatic heterocycles. The highest BCUT2D eigenvalue weighted by Gasteiger charge is 2.09. The maximum Gasteiger partial charge on any atom is 0.270 e. The zero-order chi connectivity index (χ0) is 13.7. The zero-order valence-electron chi connectivity index (χ0n) is 10.3. The third kappa shape index (κ3) is 3.42. The van der Waals surface area contributed by atoms with Gasteiger partial charge >= 0.3 is 0 Å². The van der Waals surface area contributed by atoms with Crippen LogP contribution in [0.25, 0.3) is 0 Å². The van der Waals surface area contributed by atoms with Crippen LogP contribution < -0.4 is 10.1 Å². The molecule has 1 N–H and O–H groups in total. The smallest absolute Gasteiger partial charge is 0.270 e. The highest BCUT2D eigenvalue weighted by molar-refractivity contribution is 6.31. The van der Waals surface area contributed by atoms with Gasteiger partial charge < -0.3 is 10.1 Å². The predicted octanol–water partition coefficient (Wildman–Crippen LogP) is 2.07. The first-order chi connectivity index (χ1) is 9.20. The van der Waals surface area contributed by atoms with Crippen LogP contribution in [0.1, 0.15) is 16.1 Å². The summed E-state index contributed by atoms with van der Waals surface area (Å²) in [5.74, 6) is 0.0403. The number of benzene rings is 1. The molecular weight excluding hydrogens is 266 g/mol. The average molecular weight is 278 g/mol. The molecule has 5 nitrogen and oxygen atoms in total. The van der Waals surface area contributed by atoms with Crippen LogP contribution in [-0.2, 0) is 6.54 Å². The van der Waals surface area contributed by atoms with Crippen molar-refractivity contribution in [2.75, 3.05) is 7.11 Å². The number of hydrogen-bond acceptors (Lipinski definition) is 4. The van der Waals surface area contributed by atoms with Crippen LogP contribution in [0.5, 0.6) is 5.88 Å². The number of ether oxygens (including phenoxy) is 1. The first kappa shape index (κ1) is 13.3. The number of methoxy groups -OCH3 is 1. The van der Waals surface area contributed by atoms with E-state index in [2.05, 4.69) is 15.3 Å². The molecule has 1 aromatic heterocycles. The summed E-state index contributed by atoms with van der Waals surface area (Å²) in [7, 11) is 1.48. The molecule has 0 radical (unpaired) electrons. The van der Waals surface area contributed by atoms with Crippen LogP contribution in [0, 0.1) is 0 Å². The average Bonchev–Trinajstić information content (AvgIpc) is 2.46. The van der Waals surface area contributed by atoms with Crippen molar-refractivity contribution in [1.82, 2.24) is 15.3 Å². The quantitative estimate of drug-likeness (QED) is 0.929. The lowest BCUT2D eigenvalue weighted by molar-refractivity contribution is 0.0945. The largest absolute Gasteiger partial charge is 0.481 e. The molecule has 0 aliphatic rings. The Morgan fingerprint density at radius 2 is 2.16 bits per heavy atom. The molecular formula is C13H12ClN3O2. The monoisotopic (exact) mass is 277 g/mol. The fourth-order valence-electron chi connectivity index (χ4n) is 1.48. The van der Waals surface area contributed by atoms with E-state index in [1.807, 2.05) is 18.2 Å². The van der Waals surface area contributed by atoms with Gasteiger partial charge in [-0.25, -0.2) is 9.97 Å². The second kappa shape index (κ2) is 6.15. The van der Waals surface area contributed by atoms with Crippen molar-refractivity contribution >= 4 is 17.5 Å². The van der Waals surface area contributed by atoms with Crippen LogP contribution in [0.15, 0.2) is 36.7 Å². The minimum absolute atomic E-state index is 0.249. The maximum atomic E-state index is 11.9. The fourth-order valence-corrected chi connectivity index (χ4v) is 1.69. The molecule has 0 bridgehead atoms. The summed E-state index contributed by atoms with van der Waals surface area (Å²) in [6.07, 6.45) is 1.28. The van der Waals surface area contributed by atoms with Gasteiger partial charge in [0.25, 0.3) is 5.91 Å². The molecule has 0 spiro atoms. The zero-order valence-corrected chi connectivity index (χ0v) is 11.0. The molecule has 2 aromatic rings. The van der Waals surface area contributed by atoms with Crippen LogP contribution in [0.2, 0.25) is 5.02 Å². The van der Waals surface area contributed by atoms with Crippen LogP contribution in [-0.4, -0.2) is 23.0 Å². The molecule has 1 heterocycles. The molecule has 0 unspecified atom stereocenters. The van der Waals surface area contributed by atoms with E-state index in [1.54, 1.807) is 6.07 Å². The number of rotatable bonds is 4. The van der Waals surface area contributed by atoms with Crippen molar-refractivity contribution in [2.24, 2.45) is 0 Å². The number of carbonyl (C=O) groups is 1. The van der Waals surface area contributed by atoms with Crippen molar-refractivity contribution in [3.05, 3.63) is 52.9 Å². The summed E-state index contributed by atoms with van der Waals surface area (Å²) in [4.78, 5) is 19.6. The van der Waals surface area contributed by atoms with Crippen LogP contribution in [0.3, 0.4) is 0 Å². The lowest BCUT2D eigenvalue weighted by atomic mass is 10.2. The summed E-state index contributed by atoms with van der Waals surface area (Å²) < 4.78 is 4.93. The van der Waals surface area contributed by atoms with Gasteiger partial charge in [-0.15, -0.1) is 0 Å². The van der Waals surface area contributed by atoms with E-state index in [0.29, 0.717) is 17.4 Å². The third-order valence-corrected chi connectivity index (χ3v) is 2.85. The number of nitrogens with one attached hydrogen (secondary N) is 1. The van der Waals surface area contributed by atoms with Crippen molar-refractivity contribution in [1.29, 1.82) is 0 Å². The van der Waals surface area contributed by atoms with E-state index in [1.165, 1.54) is 19.5 Å². The number of halogens is 1. The lowest BCUT2D eigenvalue weighted by Crippen LogP contribution is -2.24. The molecule has 0 aliphatic carbocycles. The predicted molar refractivity (Wildman–Crippen MR) is 71.2 cm³/mol. The first-order valence-corrected chi connectivity index (χ1v) is 5.96. The van der Waals surface area contributed by atoms with Gasteiger partial charge in [0.1, 0.15) is 12.0 Å². The van der Waals surface area contributed by atoms with Crippen LogP contribution >= 0.6 is 11.6 Å². The van der Waals surface area contributed by atoms with E-state index in [9.17, 15) is 4.79 Å². The third-order valence-electron chi connectivity index (χ3n) is 2.48. The highest BCUT2D eigenvalue weighted by atomic mass is 35.5. The standard InChI is InChI=1S/C13H12ClN3O2/c1-19-12-6-11(16-8-17-12)13(18)15-7-9-4-2-3-5-10(9)14/h2-6,8H,7H2,1H3,(H,15,18). The SMILES string of the molecule is COc1cc(C(=O)NCc2ccccc2Cl)ncn1. The molecule has 1 aromatic carbocycles. The summed E-state index contributed by atoms with van der Waals surface area (Å²) in [6.45, 7) is 0.338. The number of nitrogens with zero attached hydrogens (tertiary/aromatic N) is 2. The summed E-state index contributed by atoms with van der Waals surface area (Å²) in [5, 5.41) is 3.35. The second-order valence-corrected chi connectivity index (χ2v) is 4.13. The Kier molecular flexibility index (Phi) is 4.30. The van der Waals surface area contributed by atoms with E-state index in [4.69, 9.17) is 16.3 Å². The number of aromatic nitrogens is 2. The van der Waals surface area contributed by atoms with E-state index in [0.717, 1.165) is 5.56 Å². The van der Waals surface area contributed by atoms with E-state index >= 15 is 0 Å². The van der Waals surface area contributed by atoms with E-state index in [-0.39, 0.29) is 11.6 Å². The Balaban J connectivity index is 2.03. The lowest BCUT2D eigenvalue weighted by Gasteiger charge is -2.06. The minimum Gasteiger partial charge on any atom is -0.481 e. The van der Waals surface area contributed by atoms with E-state index < -0.39 is 0 Å². The Hall–Kier alpha value is -2.14. The molecule has 0 fully saturated rings. The molecule has 0 saturated heterocycles. The topological polar surface area (TPSA) is 64.1 Å². The van der Waals surface area contributed by atoms with Gasteiger partial charge in [0.15, 0.2) is 0 Å². The molecule has 19 heavy (non-hydrogen) atoms. The Morgan fingerprint density at radius 1 is 1.37 bits per heavy atom. The Morgan fingerprint density at radius 3 is 2.89 bits per heavy atom. The van der Waals surface area contributed by atoms with Gasteiger partial charge in [-0.1, -0.05) is 29.8 Å². The minimum atomic E-state index is -0.305. The summed E-state index contributed by atoms with van der Waals surface area (Å²) in [5.41, 5.74) is 1.09. The van der Waals surface area contributed by atoms with Crippen LogP contribution in [0.4, 0.5) is 0 Å². The Bertz CT molecular complexity index is 590. The highest BCUT2D eigenvalue weighted by Crippen LogP contribution is 2.14. The second-order valence-electron chi connectivity index (χ2n) is 3.72. The summed E-state index contributed by atoms with van der Waals surface area (Å²) in [6, 6.07) is 8.80. The Labute approximate surface area is 115 Å².